The first-order valence-electron chi connectivity index (χ1n) is 11.5. The van der Waals surface area contributed by atoms with E-state index in [0.717, 1.165) is 25.9 Å². The van der Waals surface area contributed by atoms with Gasteiger partial charge in [0.1, 0.15) is 18.9 Å². The third-order valence-corrected chi connectivity index (χ3v) is 5.70. The van der Waals surface area contributed by atoms with E-state index in [0.29, 0.717) is 12.1 Å². The number of rotatable bonds is 16. The number of carbonyl (C=O) groups is 1. The number of nitrogens with zero attached hydrogens (tertiary/aromatic N) is 2. The summed E-state index contributed by atoms with van der Waals surface area (Å²) in [7, 11) is 0. The van der Waals surface area contributed by atoms with Gasteiger partial charge in [0, 0.05) is 25.2 Å². The monoisotopic (exact) mass is 412 g/mol. The maximum Gasteiger partial charge on any atom is 0.333 e. The molecule has 0 amide bonds. The van der Waals surface area contributed by atoms with Crippen molar-refractivity contribution >= 4 is 5.97 Å². The van der Waals surface area contributed by atoms with Gasteiger partial charge in [-0.05, 0) is 20.3 Å². The fourth-order valence-electron chi connectivity index (χ4n) is 4.00. The lowest BCUT2D eigenvalue weighted by molar-refractivity contribution is -0.142. The minimum atomic E-state index is -0.738. The molecule has 0 aromatic carbocycles. The molecule has 3 unspecified atom stereocenters. The first kappa shape index (κ1) is 26.1. The van der Waals surface area contributed by atoms with Gasteiger partial charge in [0.25, 0.3) is 0 Å². The second-order valence-electron chi connectivity index (χ2n) is 8.49. The average Bonchev–Trinajstić information content (AvgIpc) is 3.07. The fourth-order valence-corrected chi connectivity index (χ4v) is 4.00. The second-order valence-corrected chi connectivity index (χ2v) is 8.49. The van der Waals surface area contributed by atoms with Crippen molar-refractivity contribution in [2.24, 2.45) is 0 Å². The van der Waals surface area contributed by atoms with E-state index >= 15 is 0 Å². The van der Waals surface area contributed by atoms with Crippen LogP contribution in [0.1, 0.15) is 85.0 Å². The number of esters is 1. The number of hydrogen-bond donors (Lipinski definition) is 2. The summed E-state index contributed by atoms with van der Waals surface area (Å²) < 4.78 is 5.07. The molecule has 1 saturated heterocycles. The first-order valence-corrected chi connectivity index (χ1v) is 11.5. The highest BCUT2D eigenvalue weighted by Gasteiger charge is 2.34. The molecule has 1 heterocycles. The SMILES string of the molecule is C=C(C)C(=O)OCC(O)CN1CCN(C(C)O)C1CCCCCCCCCCC. The smallest absolute Gasteiger partial charge is 0.333 e. The van der Waals surface area contributed by atoms with Gasteiger partial charge >= 0.3 is 5.97 Å². The van der Waals surface area contributed by atoms with Gasteiger partial charge in [0.15, 0.2) is 0 Å². The molecule has 0 aromatic heterocycles. The van der Waals surface area contributed by atoms with Crippen LogP contribution in [0.2, 0.25) is 0 Å². The molecule has 0 bridgehead atoms. The molecule has 6 nitrogen and oxygen atoms in total. The van der Waals surface area contributed by atoms with Gasteiger partial charge in [-0.1, -0.05) is 71.3 Å². The highest BCUT2D eigenvalue weighted by Crippen LogP contribution is 2.23. The predicted octanol–water partition coefficient (Wildman–Crippen LogP) is 3.67. The highest BCUT2D eigenvalue weighted by molar-refractivity contribution is 5.86. The van der Waals surface area contributed by atoms with Crippen molar-refractivity contribution in [2.45, 2.75) is 103 Å². The molecule has 0 spiro atoms. The van der Waals surface area contributed by atoms with E-state index < -0.39 is 18.3 Å². The Hall–Kier alpha value is -0.950. The van der Waals surface area contributed by atoms with E-state index in [9.17, 15) is 15.0 Å². The van der Waals surface area contributed by atoms with Gasteiger partial charge in [0.2, 0.25) is 0 Å². The van der Waals surface area contributed by atoms with E-state index in [2.05, 4.69) is 23.3 Å². The molecule has 3 atom stereocenters. The molecule has 170 valence electrons. The number of ether oxygens (including phenoxy) is 1. The lowest BCUT2D eigenvalue weighted by atomic mass is 10.1. The van der Waals surface area contributed by atoms with Gasteiger partial charge < -0.3 is 14.9 Å². The lowest BCUT2D eigenvalue weighted by Crippen LogP contribution is -2.46. The van der Waals surface area contributed by atoms with Gasteiger partial charge in [-0.2, -0.15) is 0 Å². The summed E-state index contributed by atoms with van der Waals surface area (Å²) in [5.74, 6) is -0.470. The van der Waals surface area contributed by atoms with E-state index in [1.54, 1.807) is 13.8 Å². The molecular weight excluding hydrogens is 368 g/mol. The number of hydrogen-bond acceptors (Lipinski definition) is 6. The molecule has 2 N–H and O–H groups in total. The normalized spacial score (nSPS) is 20.0. The Morgan fingerprint density at radius 1 is 1.07 bits per heavy atom. The van der Waals surface area contributed by atoms with Crippen LogP contribution in [-0.4, -0.2) is 70.7 Å². The van der Waals surface area contributed by atoms with Crippen molar-refractivity contribution in [2.75, 3.05) is 26.2 Å². The minimum absolute atomic E-state index is 0.0262. The average molecular weight is 413 g/mol. The zero-order valence-electron chi connectivity index (χ0n) is 18.9. The van der Waals surface area contributed by atoms with Crippen LogP contribution < -0.4 is 0 Å². The van der Waals surface area contributed by atoms with Crippen molar-refractivity contribution in [3.05, 3.63) is 12.2 Å². The molecule has 0 saturated carbocycles. The van der Waals surface area contributed by atoms with Crippen molar-refractivity contribution in [1.29, 1.82) is 0 Å². The standard InChI is InChI=1S/C23H44N2O4/c1-5-6-7-8-9-10-11-12-13-14-22-24(15-16-25(22)20(4)26)17-21(27)18-29-23(28)19(2)3/h20-22,26-27H,2,5-18H2,1,3-4H3. The molecule has 0 radical (unpaired) electrons. The van der Waals surface area contributed by atoms with E-state index in [4.69, 9.17) is 4.74 Å². The molecule has 1 aliphatic rings. The Morgan fingerprint density at radius 2 is 1.66 bits per heavy atom. The largest absolute Gasteiger partial charge is 0.460 e. The van der Waals surface area contributed by atoms with Crippen LogP contribution in [0.25, 0.3) is 0 Å². The summed E-state index contributed by atoms with van der Waals surface area (Å²) >= 11 is 0. The molecule has 6 heteroatoms. The Morgan fingerprint density at radius 3 is 2.21 bits per heavy atom. The minimum Gasteiger partial charge on any atom is -0.460 e. The van der Waals surface area contributed by atoms with Crippen LogP contribution in [0.4, 0.5) is 0 Å². The zero-order valence-corrected chi connectivity index (χ0v) is 18.9. The molecule has 1 rings (SSSR count). The molecular formula is C23H44N2O4. The number of carbonyl (C=O) groups excluding carboxylic acids is 1. The quantitative estimate of drug-likeness (QED) is 0.229. The molecule has 0 aromatic rings. The summed E-state index contributed by atoms with van der Waals surface area (Å²) in [6, 6.07) is 0. The maximum absolute atomic E-state index is 11.5. The molecule has 1 aliphatic heterocycles. The third kappa shape index (κ3) is 10.6. The van der Waals surface area contributed by atoms with Crippen LogP contribution >= 0.6 is 0 Å². The number of aliphatic hydroxyl groups excluding tert-OH is 2. The van der Waals surface area contributed by atoms with Crippen LogP contribution in [0.5, 0.6) is 0 Å². The van der Waals surface area contributed by atoms with Crippen molar-refractivity contribution in [3.8, 4) is 0 Å². The van der Waals surface area contributed by atoms with Crippen LogP contribution in [0, 0.1) is 0 Å². The van der Waals surface area contributed by atoms with Crippen LogP contribution in [0.3, 0.4) is 0 Å². The van der Waals surface area contributed by atoms with E-state index in [-0.39, 0.29) is 12.8 Å². The van der Waals surface area contributed by atoms with Crippen molar-refractivity contribution < 1.29 is 19.7 Å². The Balaban J connectivity index is 2.34. The van der Waals surface area contributed by atoms with Gasteiger partial charge in [-0.15, -0.1) is 0 Å². The second kappa shape index (κ2) is 14.9. The van der Waals surface area contributed by atoms with Gasteiger partial charge in [0.05, 0.1) is 6.17 Å². The Labute approximate surface area is 177 Å². The van der Waals surface area contributed by atoms with Gasteiger partial charge in [-0.3, -0.25) is 9.80 Å². The third-order valence-electron chi connectivity index (χ3n) is 5.70. The fraction of sp³-hybridized carbons (Fsp3) is 0.870. The first-order chi connectivity index (χ1) is 13.9. The predicted molar refractivity (Wildman–Crippen MR) is 117 cm³/mol. The highest BCUT2D eigenvalue weighted by atomic mass is 16.5. The summed E-state index contributed by atoms with van der Waals surface area (Å²) in [5.41, 5.74) is 0.335. The number of unbranched alkanes of at least 4 members (excludes halogenated alkanes) is 8. The maximum atomic E-state index is 11.5. The summed E-state index contributed by atoms with van der Waals surface area (Å²) in [6.45, 7) is 11.2. The summed E-state index contributed by atoms with van der Waals surface area (Å²) in [5, 5.41) is 20.4. The van der Waals surface area contributed by atoms with Crippen LogP contribution in [0.15, 0.2) is 12.2 Å². The summed E-state index contributed by atoms with van der Waals surface area (Å²) in [6.07, 6.45) is 11.5. The lowest BCUT2D eigenvalue weighted by Gasteiger charge is -2.33. The van der Waals surface area contributed by atoms with E-state index in [1.807, 2.05) is 0 Å². The number of β-amino-alcohol motifs (C(OH)–C–C–N with tert-alkyl or cyclic N) is 1. The topological polar surface area (TPSA) is 73.2 Å². The van der Waals surface area contributed by atoms with Gasteiger partial charge in [-0.25, -0.2) is 4.79 Å². The zero-order chi connectivity index (χ0) is 21.6. The molecule has 29 heavy (non-hydrogen) atoms. The number of aliphatic hydroxyl groups is 2. The summed E-state index contributed by atoms with van der Waals surface area (Å²) in [4.78, 5) is 15.8. The van der Waals surface area contributed by atoms with Crippen molar-refractivity contribution in [1.82, 2.24) is 9.80 Å². The Kier molecular flexibility index (Phi) is 13.4. The molecule has 0 aliphatic carbocycles. The molecule has 1 fully saturated rings. The van der Waals surface area contributed by atoms with E-state index in [1.165, 1.54) is 51.4 Å². The van der Waals surface area contributed by atoms with Crippen molar-refractivity contribution in [3.63, 3.8) is 0 Å². The van der Waals surface area contributed by atoms with Crippen LogP contribution in [-0.2, 0) is 9.53 Å². The Bertz CT molecular complexity index is 470.